The number of nitrogens with zero attached hydrogens (tertiary/aromatic N) is 3. The maximum atomic E-state index is 10.3. The van der Waals surface area contributed by atoms with Crippen molar-refractivity contribution in [2.75, 3.05) is 0 Å². The molecule has 1 aromatic carbocycles. The summed E-state index contributed by atoms with van der Waals surface area (Å²) in [4.78, 5) is 0. The third-order valence-electron chi connectivity index (χ3n) is 7.16. The fourth-order valence-corrected chi connectivity index (χ4v) is 5.81. The van der Waals surface area contributed by atoms with Crippen molar-refractivity contribution < 1.29 is 9.47 Å². The summed E-state index contributed by atoms with van der Waals surface area (Å²) in [5.41, 5.74) is -3.24. The van der Waals surface area contributed by atoms with E-state index in [2.05, 4.69) is 25.1 Å². The monoisotopic (exact) mass is 486 g/mol. The minimum atomic E-state index is -1.88. The molecule has 4 unspecified atom stereocenters. The van der Waals surface area contributed by atoms with Gasteiger partial charge in [0.05, 0.1) is 35.3 Å². The highest BCUT2D eigenvalue weighted by Gasteiger charge is 2.79. The summed E-state index contributed by atoms with van der Waals surface area (Å²) >= 11 is 12.6. The van der Waals surface area contributed by atoms with E-state index in [0.29, 0.717) is 17.0 Å². The zero-order chi connectivity index (χ0) is 24.3. The normalized spacial score (nSPS) is 29.5. The van der Waals surface area contributed by atoms with Crippen LogP contribution in [-0.2, 0) is 15.3 Å². The molecule has 2 bridgehead atoms. The average Bonchev–Trinajstić information content (AvgIpc) is 2.95. The highest BCUT2D eigenvalue weighted by molar-refractivity contribution is 6.35. The summed E-state index contributed by atoms with van der Waals surface area (Å²) < 4.78 is 12.4. The number of fused-ring (bicyclic) bond motifs is 2. The first-order valence-corrected chi connectivity index (χ1v) is 12.2. The summed E-state index contributed by atoms with van der Waals surface area (Å²) in [6, 6.07) is 11.1. The molecule has 4 atom stereocenters. The fraction of sp³-hybridized carbons (Fsp3) is 0.600. The SMILES string of the molecule is CCCCCCCCCC1OC2(c3ccc(Cl)cc3Cl)OC(=N)C(C#N)(C2C)C1(C#N)C#N. The molecular formula is C25H28Cl2N4O2. The highest BCUT2D eigenvalue weighted by Crippen LogP contribution is 2.66. The third kappa shape index (κ3) is 3.77. The summed E-state index contributed by atoms with van der Waals surface area (Å²) in [7, 11) is 0. The smallest absolute Gasteiger partial charge is 0.245 e. The van der Waals surface area contributed by atoms with Crippen LogP contribution in [0, 0.1) is 56.2 Å². The predicted molar refractivity (Wildman–Crippen MR) is 125 cm³/mol. The molecule has 0 aromatic heterocycles. The molecule has 6 nitrogen and oxygen atoms in total. The van der Waals surface area contributed by atoms with E-state index in [0.717, 1.165) is 25.7 Å². The number of hydrogen-bond donors (Lipinski definition) is 1. The van der Waals surface area contributed by atoms with Crippen molar-refractivity contribution in [2.45, 2.75) is 77.1 Å². The topological polar surface area (TPSA) is 114 Å². The molecule has 3 rings (SSSR count). The minimum Gasteiger partial charge on any atom is -0.443 e. The molecule has 0 radical (unpaired) electrons. The average molecular weight is 487 g/mol. The Kier molecular flexibility index (Phi) is 7.60. The number of nitrogens with one attached hydrogen (secondary N) is 1. The minimum absolute atomic E-state index is 0.270. The van der Waals surface area contributed by atoms with Gasteiger partial charge in [-0.2, -0.15) is 15.8 Å². The van der Waals surface area contributed by atoms with Crippen molar-refractivity contribution in [1.82, 2.24) is 0 Å². The molecule has 1 aromatic rings. The van der Waals surface area contributed by atoms with Crippen LogP contribution in [0.5, 0.6) is 0 Å². The van der Waals surface area contributed by atoms with Crippen LogP contribution in [0.1, 0.15) is 70.8 Å². The largest absolute Gasteiger partial charge is 0.443 e. The Morgan fingerprint density at radius 2 is 1.64 bits per heavy atom. The molecule has 0 aliphatic carbocycles. The molecule has 0 spiro atoms. The van der Waals surface area contributed by atoms with Crippen LogP contribution in [0.25, 0.3) is 0 Å². The van der Waals surface area contributed by atoms with Crippen molar-refractivity contribution in [2.24, 2.45) is 16.7 Å². The second-order valence-electron chi connectivity index (χ2n) is 8.91. The Hall–Kier alpha value is -2.30. The van der Waals surface area contributed by atoms with Gasteiger partial charge in [-0.1, -0.05) is 82.0 Å². The van der Waals surface area contributed by atoms with Crippen LogP contribution in [0.3, 0.4) is 0 Å². The second-order valence-corrected chi connectivity index (χ2v) is 9.76. The van der Waals surface area contributed by atoms with Gasteiger partial charge >= 0.3 is 0 Å². The number of hydrogen-bond acceptors (Lipinski definition) is 6. The molecular weight excluding hydrogens is 459 g/mol. The van der Waals surface area contributed by atoms with Crippen LogP contribution < -0.4 is 0 Å². The molecule has 1 N–H and O–H groups in total. The zero-order valence-electron chi connectivity index (χ0n) is 19.0. The Morgan fingerprint density at radius 1 is 1.00 bits per heavy atom. The van der Waals surface area contributed by atoms with E-state index in [1.807, 2.05) is 0 Å². The molecule has 2 saturated heterocycles. The van der Waals surface area contributed by atoms with Crippen molar-refractivity contribution in [3.8, 4) is 18.2 Å². The molecule has 2 fully saturated rings. The van der Waals surface area contributed by atoms with Gasteiger partial charge in [-0.05, 0) is 24.6 Å². The number of nitriles is 3. The first kappa shape index (κ1) is 25.3. The Balaban J connectivity index is 2.00. The number of rotatable bonds is 9. The van der Waals surface area contributed by atoms with E-state index >= 15 is 0 Å². The second kappa shape index (κ2) is 9.90. The highest BCUT2D eigenvalue weighted by atomic mass is 35.5. The molecule has 0 saturated carbocycles. The van der Waals surface area contributed by atoms with E-state index in [4.69, 9.17) is 38.1 Å². The first-order chi connectivity index (χ1) is 15.8. The quantitative estimate of drug-likeness (QED) is 0.382. The van der Waals surface area contributed by atoms with Crippen molar-refractivity contribution in [3.05, 3.63) is 33.8 Å². The lowest BCUT2D eigenvalue weighted by atomic mass is 9.53. The first-order valence-electron chi connectivity index (χ1n) is 11.4. The molecule has 2 aliphatic rings. The lowest BCUT2D eigenvalue weighted by Crippen LogP contribution is -2.61. The van der Waals surface area contributed by atoms with Gasteiger partial charge in [-0.25, -0.2) is 0 Å². The van der Waals surface area contributed by atoms with E-state index < -0.39 is 34.5 Å². The number of unbranched alkanes of at least 4 members (excludes halogenated alkanes) is 6. The van der Waals surface area contributed by atoms with Crippen molar-refractivity contribution >= 4 is 29.1 Å². The number of benzene rings is 1. The van der Waals surface area contributed by atoms with Crippen LogP contribution in [0.15, 0.2) is 18.2 Å². The van der Waals surface area contributed by atoms with Crippen LogP contribution in [-0.4, -0.2) is 12.0 Å². The van der Waals surface area contributed by atoms with Gasteiger partial charge in [-0.15, -0.1) is 0 Å². The standard InChI is InChI=1S/C25H28Cl2N4O2/c1-3-4-5-6-7-8-9-10-21-23(14-28,15-29)24(16-30)17(2)25(32-21,33-22(24)31)19-12-11-18(26)13-20(19)27/h11-13,17,21,31H,3-10H2,1-2H3. The molecule has 0 amide bonds. The van der Waals surface area contributed by atoms with Gasteiger partial charge in [0.15, 0.2) is 10.8 Å². The van der Waals surface area contributed by atoms with E-state index in [9.17, 15) is 15.8 Å². The molecule has 8 heteroatoms. The van der Waals surface area contributed by atoms with E-state index in [1.165, 1.54) is 19.3 Å². The number of ether oxygens (including phenoxy) is 2. The Morgan fingerprint density at radius 3 is 2.21 bits per heavy atom. The number of halogens is 2. The maximum absolute atomic E-state index is 10.3. The van der Waals surface area contributed by atoms with E-state index in [-0.39, 0.29) is 5.02 Å². The summed E-state index contributed by atoms with van der Waals surface area (Å²) in [5.74, 6) is -2.82. The summed E-state index contributed by atoms with van der Waals surface area (Å²) in [6.45, 7) is 3.84. The van der Waals surface area contributed by atoms with Crippen molar-refractivity contribution in [3.63, 3.8) is 0 Å². The molecule has 2 aliphatic heterocycles. The summed E-state index contributed by atoms with van der Waals surface area (Å²) in [6.07, 6.45) is 6.91. The van der Waals surface area contributed by atoms with Gasteiger partial charge in [0, 0.05) is 10.6 Å². The molecule has 33 heavy (non-hydrogen) atoms. The van der Waals surface area contributed by atoms with Crippen LogP contribution in [0.4, 0.5) is 0 Å². The van der Waals surface area contributed by atoms with Gasteiger partial charge < -0.3 is 9.47 Å². The Bertz CT molecular complexity index is 1030. The fourth-order valence-electron chi connectivity index (χ4n) is 5.27. The van der Waals surface area contributed by atoms with Crippen LogP contribution in [0.2, 0.25) is 10.0 Å². The lowest BCUT2D eigenvalue weighted by molar-refractivity contribution is -0.286. The molecule has 174 valence electrons. The third-order valence-corrected chi connectivity index (χ3v) is 7.71. The predicted octanol–water partition coefficient (Wildman–Crippen LogP) is 6.87. The molecule has 2 heterocycles. The Labute approximate surface area is 205 Å². The van der Waals surface area contributed by atoms with Crippen molar-refractivity contribution in [1.29, 1.82) is 21.2 Å². The van der Waals surface area contributed by atoms with Crippen LogP contribution >= 0.6 is 23.2 Å². The van der Waals surface area contributed by atoms with Gasteiger partial charge in [-0.3, -0.25) is 5.41 Å². The van der Waals surface area contributed by atoms with Gasteiger partial charge in [0.25, 0.3) is 0 Å². The van der Waals surface area contributed by atoms with Gasteiger partial charge in [0.2, 0.25) is 11.7 Å². The maximum Gasteiger partial charge on any atom is 0.245 e. The van der Waals surface area contributed by atoms with Gasteiger partial charge in [0.1, 0.15) is 0 Å². The zero-order valence-corrected chi connectivity index (χ0v) is 20.5. The van der Waals surface area contributed by atoms with E-state index in [1.54, 1.807) is 25.1 Å². The lowest BCUT2D eigenvalue weighted by Gasteiger charge is -2.49. The summed E-state index contributed by atoms with van der Waals surface area (Å²) in [5, 5.41) is 40.0.